The molecule has 0 aliphatic heterocycles. The monoisotopic (exact) mass is 214 g/mol. The maximum Gasteiger partial charge on any atom is 0.351 e. The van der Waals surface area contributed by atoms with Crippen molar-refractivity contribution in [1.82, 2.24) is 5.43 Å². The molecule has 0 radical (unpaired) electrons. The van der Waals surface area contributed by atoms with Gasteiger partial charge >= 0.3 is 5.97 Å². The Morgan fingerprint density at radius 1 is 1.40 bits per heavy atom. The van der Waals surface area contributed by atoms with Crippen LogP contribution in [0.2, 0.25) is 0 Å². The molecule has 0 spiro atoms. The predicted molar refractivity (Wildman–Crippen MR) is 62.0 cm³/mol. The molecule has 0 fully saturated rings. The molecule has 15 heavy (non-hydrogen) atoms. The van der Waals surface area contributed by atoms with Gasteiger partial charge in [0.05, 0.1) is 0 Å². The number of carboxylic acids is 1. The Labute approximate surface area is 91.8 Å². The Morgan fingerprint density at radius 2 is 2.00 bits per heavy atom. The third-order valence-electron chi connectivity index (χ3n) is 2.18. The second-order valence-corrected chi connectivity index (χ2v) is 4.43. The topological polar surface area (TPSA) is 61.7 Å². The lowest BCUT2D eigenvalue weighted by molar-refractivity contribution is -0.129. The van der Waals surface area contributed by atoms with Crippen LogP contribution in [0.4, 0.5) is 0 Å². The molecule has 0 aromatic rings. The third-order valence-corrected chi connectivity index (χ3v) is 2.18. The first kappa shape index (κ1) is 13.9. The normalized spacial score (nSPS) is 14.1. The molecule has 0 rings (SSSR count). The van der Waals surface area contributed by atoms with E-state index in [0.29, 0.717) is 11.8 Å². The van der Waals surface area contributed by atoms with Crippen molar-refractivity contribution in [3.05, 3.63) is 0 Å². The van der Waals surface area contributed by atoms with Gasteiger partial charge in [0, 0.05) is 6.54 Å². The molecule has 0 aliphatic rings. The summed E-state index contributed by atoms with van der Waals surface area (Å²) in [6.45, 7) is 8.83. The zero-order valence-corrected chi connectivity index (χ0v) is 10.1. The maximum absolute atomic E-state index is 10.4. The standard InChI is InChI=1S/C11H22N2O2/c1-8(2)7-9(3)5-6-12-13-10(4)11(14)15/h8-9,12H,5-7H2,1-4H3,(H,14,15). The fraction of sp³-hybridized carbons (Fsp3) is 0.818. The highest BCUT2D eigenvalue weighted by Gasteiger charge is 2.04. The number of hydrogen-bond acceptors (Lipinski definition) is 3. The summed E-state index contributed by atoms with van der Waals surface area (Å²) in [5.41, 5.74) is 2.88. The molecule has 0 aromatic carbocycles. The second-order valence-electron chi connectivity index (χ2n) is 4.43. The van der Waals surface area contributed by atoms with Crippen molar-refractivity contribution in [2.75, 3.05) is 6.54 Å². The minimum atomic E-state index is -0.974. The molecule has 0 heterocycles. The molecular weight excluding hydrogens is 192 g/mol. The lowest BCUT2D eigenvalue weighted by Gasteiger charge is -2.13. The zero-order chi connectivity index (χ0) is 11.8. The molecule has 2 N–H and O–H groups in total. The van der Waals surface area contributed by atoms with E-state index < -0.39 is 5.97 Å². The van der Waals surface area contributed by atoms with Gasteiger partial charge in [-0.25, -0.2) is 4.79 Å². The quantitative estimate of drug-likeness (QED) is 0.387. The van der Waals surface area contributed by atoms with Crippen molar-refractivity contribution in [2.45, 2.75) is 40.5 Å². The Bertz CT molecular complexity index is 225. The van der Waals surface area contributed by atoms with Crippen molar-refractivity contribution in [3.8, 4) is 0 Å². The van der Waals surface area contributed by atoms with Gasteiger partial charge < -0.3 is 10.5 Å². The van der Waals surface area contributed by atoms with Gasteiger partial charge in [0.25, 0.3) is 0 Å². The first-order valence-electron chi connectivity index (χ1n) is 5.44. The summed E-state index contributed by atoms with van der Waals surface area (Å²) < 4.78 is 0. The van der Waals surface area contributed by atoms with Gasteiger partial charge in [-0.15, -0.1) is 0 Å². The van der Waals surface area contributed by atoms with Gasteiger partial charge in [-0.3, -0.25) is 0 Å². The van der Waals surface area contributed by atoms with Gasteiger partial charge in [0.15, 0.2) is 0 Å². The van der Waals surface area contributed by atoms with Crippen LogP contribution in [-0.2, 0) is 4.79 Å². The average Bonchev–Trinajstić information content (AvgIpc) is 2.10. The lowest BCUT2D eigenvalue weighted by atomic mass is 9.96. The molecule has 0 amide bonds. The van der Waals surface area contributed by atoms with Gasteiger partial charge in [0.1, 0.15) is 5.71 Å². The van der Waals surface area contributed by atoms with Crippen LogP contribution in [0.1, 0.15) is 40.5 Å². The van der Waals surface area contributed by atoms with Crippen molar-refractivity contribution in [3.63, 3.8) is 0 Å². The third kappa shape index (κ3) is 7.97. The highest BCUT2D eigenvalue weighted by atomic mass is 16.4. The molecule has 4 heteroatoms. The summed E-state index contributed by atoms with van der Waals surface area (Å²) >= 11 is 0. The highest BCUT2D eigenvalue weighted by molar-refractivity contribution is 6.34. The lowest BCUT2D eigenvalue weighted by Crippen LogP contribution is -2.17. The van der Waals surface area contributed by atoms with Crippen LogP contribution < -0.4 is 5.43 Å². The van der Waals surface area contributed by atoms with Gasteiger partial charge in [-0.2, -0.15) is 5.10 Å². The van der Waals surface area contributed by atoms with E-state index in [1.165, 1.54) is 13.3 Å². The summed E-state index contributed by atoms with van der Waals surface area (Å²) in [5.74, 6) is 0.389. The van der Waals surface area contributed by atoms with Crippen LogP contribution in [0, 0.1) is 11.8 Å². The SMILES string of the molecule is CC(=NNCCC(C)CC(C)C)C(=O)O. The maximum atomic E-state index is 10.4. The molecule has 0 saturated heterocycles. The number of aliphatic carboxylic acids is 1. The van der Waals surface area contributed by atoms with Crippen LogP contribution in [0.25, 0.3) is 0 Å². The van der Waals surface area contributed by atoms with E-state index in [2.05, 4.69) is 31.3 Å². The van der Waals surface area contributed by atoms with E-state index in [4.69, 9.17) is 5.11 Å². The van der Waals surface area contributed by atoms with Crippen molar-refractivity contribution in [2.24, 2.45) is 16.9 Å². The molecule has 0 aliphatic carbocycles. The van der Waals surface area contributed by atoms with Crippen molar-refractivity contribution in [1.29, 1.82) is 0 Å². The van der Waals surface area contributed by atoms with E-state index >= 15 is 0 Å². The summed E-state index contributed by atoms with van der Waals surface area (Å²) in [4.78, 5) is 10.4. The van der Waals surface area contributed by atoms with E-state index in [0.717, 1.165) is 13.0 Å². The van der Waals surface area contributed by atoms with Gasteiger partial charge in [-0.1, -0.05) is 20.8 Å². The van der Waals surface area contributed by atoms with E-state index in [1.807, 2.05) is 0 Å². The number of nitrogens with zero attached hydrogens (tertiary/aromatic N) is 1. The molecule has 1 atom stereocenters. The van der Waals surface area contributed by atoms with Crippen molar-refractivity contribution < 1.29 is 9.90 Å². The molecule has 0 bridgehead atoms. The van der Waals surface area contributed by atoms with Crippen molar-refractivity contribution >= 4 is 11.7 Å². The fourth-order valence-corrected chi connectivity index (χ4v) is 1.46. The first-order valence-corrected chi connectivity index (χ1v) is 5.44. The van der Waals surface area contributed by atoms with Crippen LogP contribution >= 0.6 is 0 Å². The summed E-state index contributed by atoms with van der Waals surface area (Å²) in [6, 6.07) is 0. The molecule has 1 unspecified atom stereocenters. The minimum absolute atomic E-state index is 0.103. The number of carbonyl (C=O) groups is 1. The van der Waals surface area contributed by atoms with E-state index in [1.54, 1.807) is 0 Å². The minimum Gasteiger partial charge on any atom is -0.477 e. The number of carboxylic acid groups (broad SMARTS) is 1. The van der Waals surface area contributed by atoms with Gasteiger partial charge in [-0.05, 0) is 31.6 Å². The largest absolute Gasteiger partial charge is 0.477 e. The first-order chi connectivity index (χ1) is 6.93. The zero-order valence-electron chi connectivity index (χ0n) is 10.1. The molecule has 0 saturated carbocycles. The van der Waals surface area contributed by atoms with E-state index in [9.17, 15) is 4.79 Å². The Balaban J connectivity index is 3.62. The predicted octanol–water partition coefficient (Wildman–Crippen LogP) is 2.11. The molecular formula is C11H22N2O2. The van der Waals surface area contributed by atoms with Gasteiger partial charge in [0.2, 0.25) is 0 Å². The van der Waals surface area contributed by atoms with Crippen LogP contribution in [0.5, 0.6) is 0 Å². The second kappa shape index (κ2) is 7.26. The average molecular weight is 214 g/mol. The van der Waals surface area contributed by atoms with Crippen LogP contribution in [0.15, 0.2) is 5.10 Å². The van der Waals surface area contributed by atoms with Crippen LogP contribution in [0.3, 0.4) is 0 Å². The number of nitrogens with one attached hydrogen (secondary N) is 1. The molecule has 88 valence electrons. The summed E-state index contributed by atoms with van der Waals surface area (Å²) in [7, 11) is 0. The van der Waals surface area contributed by atoms with Crippen LogP contribution in [-0.4, -0.2) is 23.3 Å². The Hall–Kier alpha value is -1.06. The number of rotatable bonds is 7. The van der Waals surface area contributed by atoms with E-state index in [-0.39, 0.29) is 5.71 Å². The molecule has 0 aromatic heterocycles. The Kier molecular flexibility index (Phi) is 6.75. The summed E-state index contributed by atoms with van der Waals surface area (Å²) in [5, 5.41) is 12.3. The number of hydrazone groups is 1. The molecule has 4 nitrogen and oxygen atoms in total. The number of hydrogen-bond donors (Lipinski definition) is 2. The smallest absolute Gasteiger partial charge is 0.351 e. The Morgan fingerprint density at radius 3 is 2.47 bits per heavy atom. The summed E-state index contributed by atoms with van der Waals surface area (Å²) in [6.07, 6.45) is 2.22. The fourth-order valence-electron chi connectivity index (χ4n) is 1.46. The highest BCUT2D eigenvalue weighted by Crippen LogP contribution is 2.13.